The van der Waals surface area contributed by atoms with E-state index in [0.29, 0.717) is 142 Å². The van der Waals surface area contributed by atoms with Gasteiger partial charge in [-0.1, -0.05) is 86.0 Å². The maximum Gasteiger partial charge on any atom is 0.223 e. The zero-order valence-electron chi connectivity index (χ0n) is 60.7. The lowest BCUT2D eigenvalue weighted by atomic mass is 9.91. The predicted molar refractivity (Wildman–Crippen MR) is 368 cm³/mol. The summed E-state index contributed by atoms with van der Waals surface area (Å²) in [7, 11) is 1.69. The van der Waals surface area contributed by atoms with Gasteiger partial charge in [0.15, 0.2) is 24.7 Å². The second-order valence-corrected chi connectivity index (χ2v) is 27.7. The molecule has 0 aromatic carbocycles. The number of unbranched alkanes of at least 4 members (excludes halogenated alkanes) is 14. The van der Waals surface area contributed by atoms with E-state index in [1.165, 1.54) is 6.92 Å². The van der Waals surface area contributed by atoms with Crippen LogP contribution in [0.4, 0.5) is 0 Å². The average molecular weight is 1420 g/mol. The molecule has 0 saturated carbocycles. The molecule has 14 N–H and O–H groups in total. The Hall–Kier alpha value is -3.95. The summed E-state index contributed by atoms with van der Waals surface area (Å²) in [6.45, 7) is 12.0. The molecule has 3 aliphatic rings. The molecule has 5 amide bonds. The van der Waals surface area contributed by atoms with E-state index in [-0.39, 0.29) is 80.5 Å². The van der Waals surface area contributed by atoms with Crippen molar-refractivity contribution < 1.29 is 113 Å². The number of aliphatic hydroxyl groups excluding tert-OH is 9. The molecular weight excluding hydrogens is 1290 g/mol. The largest absolute Gasteiger partial charge is 0.394 e. The van der Waals surface area contributed by atoms with Crippen LogP contribution in [0.15, 0.2) is 0 Å². The predicted octanol–water partition coefficient (Wildman–Crippen LogP) is 3.34. The van der Waals surface area contributed by atoms with Gasteiger partial charge in [-0.25, -0.2) is 0 Å². The molecule has 3 saturated heterocycles. The lowest BCUT2D eigenvalue weighted by Crippen LogP contribution is -2.64. The smallest absolute Gasteiger partial charge is 0.223 e. The van der Waals surface area contributed by atoms with Gasteiger partial charge in [0, 0.05) is 116 Å². The van der Waals surface area contributed by atoms with Crippen LogP contribution in [-0.4, -0.2) is 246 Å². The maximum absolute atomic E-state index is 14.4. The van der Waals surface area contributed by atoms with Crippen molar-refractivity contribution in [3.8, 4) is 0 Å². The summed E-state index contributed by atoms with van der Waals surface area (Å²) in [6.07, 6.45) is 2.75. The van der Waals surface area contributed by atoms with Gasteiger partial charge in [0.05, 0.1) is 38.1 Å². The Balaban J connectivity index is 0.00000809. The summed E-state index contributed by atoms with van der Waals surface area (Å²) in [5, 5.41) is 105. The number of carbonyl (C=O) groups is 7. The van der Waals surface area contributed by atoms with Crippen LogP contribution in [0.5, 0.6) is 0 Å². The Morgan fingerprint density at radius 3 is 1.28 bits per heavy atom. The van der Waals surface area contributed by atoms with Gasteiger partial charge >= 0.3 is 0 Å². The first-order valence-corrected chi connectivity index (χ1v) is 37.0. The standard InChI is InChI=1S/C67H121N5O23.C4H10/c1-44-58(82)60(84)51(41-73)93-65(44)90-37-23-9-14-30-55(80)69-34-21-18-29-49(72-56(81)32-16-11-24-38-91-66-45(2)59(83)61(85)52(42-74)94-66)50(78)40-47(64(88)70-35-19-8-13-28-48(77)27-12-6-5-7-22-36-89-4)26-17-20-33-68-54(79)31-15-10-25-39-92-67-57(71-46(3)76)63(87)62(86)53(43-75)95-67;1-4(2)3/h44-45,47,49,51-53,57-63,65-67,73-75,82-87H,5-43H2,1-4H3,(H,68,79)(H,69,80)(H,70,88)(H,71,76)(H,72,81);4H,1-3H3/t44-,45-,47?,49?,51?,52?,53?,57-,58?,59?,60-,61-,62-,63?,65+,66+,67+;/m0./s1. The van der Waals surface area contributed by atoms with Gasteiger partial charge in [-0.3, -0.25) is 33.6 Å². The first kappa shape index (κ1) is 91.1. The van der Waals surface area contributed by atoms with Gasteiger partial charge in [0.2, 0.25) is 29.5 Å². The molecule has 578 valence electrons. The number of aliphatic hydroxyl groups is 9. The molecule has 99 heavy (non-hydrogen) atoms. The molecule has 17 atom stereocenters. The lowest BCUT2D eigenvalue weighted by Gasteiger charge is -2.42. The molecule has 3 fully saturated rings. The van der Waals surface area contributed by atoms with Crippen molar-refractivity contribution in [2.24, 2.45) is 23.7 Å². The van der Waals surface area contributed by atoms with Crippen LogP contribution in [0.25, 0.3) is 0 Å². The van der Waals surface area contributed by atoms with Crippen molar-refractivity contribution in [2.45, 2.75) is 314 Å². The van der Waals surface area contributed by atoms with Gasteiger partial charge in [-0.05, 0) is 102 Å². The topological polar surface area (TPSA) is 426 Å². The molecule has 0 radical (unpaired) electrons. The van der Waals surface area contributed by atoms with E-state index in [1.54, 1.807) is 21.0 Å². The molecule has 0 aliphatic carbocycles. The molecule has 0 aromatic rings. The number of ketones is 2. The number of hydrogen-bond acceptors (Lipinski definition) is 23. The highest BCUT2D eigenvalue weighted by Gasteiger charge is 2.46. The number of carbonyl (C=O) groups excluding carboxylic acids is 7. The third-order valence-electron chi connectivity index (χ3n) is 17.9. The van der Waals surface area contributed by atoms with Crippen molar-refractivity contribution in [1.29, 1.82) is 0 Å². The summed E-state index contributed by atoms with van der Waals surface area (Å²) in [4.78, 5) is 92.0. The third-order valence-corrected chi connectivity index (χ3v) is 17.9. The highest BCUT2D eigenvalue weighted by Crippen LogP contribution is 2.29. The second kappa shape index (κ2) is 54.7. The normalized spacial score (nSPS) is 26.0. The van der Waals surface area contributed by atoms with Gasteiger partial charge < -0.3 is 106 Å². The molecule has 28 heteroatoms. The quantitative estimate of drug-likeness (QED) is 0.0388. The Kier molecular flexibility index (Phi) is 50.3. The molecule has 0 spiro atoms. The minimum absolute atomic E-state index is 0.0949. The second-order valence-electron chi connectivity index (χ2n) is 27.7. The van der Waals surface area contributed by atoms with E-state index >= 15 is 0 Å². The van der Waals surface area contributed by atoms with Crippen LogP contribution in [0, 0.1) is 23.7 Å². The minimum Gasteiger partial charge on any atom is -0.394 e. The zero-order chi connectivity index (χ0) is 73.5. The molecule has 3 rings (SSSR count). The van der Waals surface area contributed by atoms with E-state index < -0.39 is 129 Å². The van der Waals surface area contributed by atoms with Gasteiger partial charge in [-0.2, -0.15) is 0 Å². The summed E-state index contributed by atoms with van der Waals surface area (Å²) < 4.78 is 39.4. The number of amides is 5. The number of Topliss-reactive ketones (excluding diaryl/α,β-unsaturated/α-hetero) is 2. The number of ether oxygens (including phenoxy) is 7. The van der Waals surface area contributed by atoms with Crippen LogP contribution in [0.3, 0.4) is 0 Å². The summed E-state index contributed by atoms with van der Waals surface area (Å²) in [6, 6.07) is -1.99. The van der Waals surface area contributed by atoms with Crippen molar-refractivity contribution in [3.05, 3.63) is 0 Å². The van der Waals surface area contributed by atoms with Crippen LogP contribution in [0.1, 0.15) is 228 Å². The van der Waals surface area contributed by atoms with Crippen molar-refractivity contribution in [1.82, 2.24) is 26.6 Å². The fourth-order valence-electron chi connectivity index (χ4n) is 11.8. The fourth-order valence-corrected chi connectivity index (χ4v) is 11.8. The first-order chi connectivity index (χ1) is 47.4. The van der Waals surface area contributed by atoms with E-state index in [4.69, 9.17) is 33.2 Å². The lowest BCUT2D eigenvalue weighted by molar-refractivity contribution is -0.282. The van der Waals surface area contributed by atoms with Crippen molar-refractivity contribution in [2.75, 3.05) is 73.0 Å². The van der Waals surface area contributed by atoms with Gasteiger partial charge in [-0.15, -0.1) is 0 Å². The molecular formula is C71H131N5O23. The fraction of sp³-hybridized carbons (Fsp3) is 0.901. The van der Waals surface area contributed by atoms with Crippen LogP contribution in [0.2, 0.25) is 0 Å². The number of rotatable bonds is 54. The summed E-state index contributed by atoms with van der Waals surface area (Å²) in [5.74, 6) is -2.53. The summed E-state index contributed by atoms with van der Waals surface area (Å²) in [5.41, 5.74) is 0. The van der Waals surface area contributed by atoms with Crippen LogP contribution in [-0.2, 0) is 66.7 Å². The van der Waals surface area contributed by atoms with E-state index in [0.717, 1.165) is 51.0 Å². The Morgan fingerprint density at radius 1 is 0.434 bits per heavy atom. The van der Waals surface area contributed by atoms with E-state index in [9.17, 15) is 79.5 Å². The molecule has 0 bridgehead atoms. The summed E-state index contributed by atoms with van der Waals surface area (Å²) >= 11 is 0. The maximum atomic E-state index is 14.4. The molecule has 28 nitrogen and oxygen atoms in total. The first-order valence-electron chi connectivity index (χ1n) is 37.0. The number of nitrogens with one attached hydrogen (secondary N) is 5. The Bertz CT molecular complexity index is 2180. The third kappa shape index (κ3) is 38.9. The monoisotopic (exact) mass is 1420 g/mol. The highest BCUT2D eigenvalue weighted by molar-refractivity contribution is 5.92. The molecule has 3 aliphatic heterocycles. The minimum atomic E-state index is -1.43. The van der Waals surface area contributed by atoms with Gasteiger partial charge in [0.25, 0.3) is 0 Å². The number of methoxy groups -OCH3 is 1. The SMILES string of the molecule is CC(C)C.COCCCCCCCC(=O)CCCCCNC(=O)C(CCCCNC(=O)CCCCCO[C@@H]1OC(CO)[C@H](O)C(O)[C@@H]1NC(C)=O)CC(=O)C(CCCCNC(=O)CCCCCO[C@@H]1OC(CO)[C@H](O)C(O)[C@@H]1C)NC(=O)CCCCCO[C@@H]1OC(CO)[C@H](O)C(O)[C@@H]1C. The van der Waals surface area contributed by atoms with E-state index in [1.807, 2.05) is 0 Å². The van der Waals surface area contributed by atoms with Crippen molar-refractivity contribution >= 4 is 41.1 Å². The van der Waals surface area contributed by atoms with Crippen LogP contribution < -0.4 is 26.6 Å². The van der Waals surface area contributed by atoms with Crippen LogP contribution >= 0.6 is 0 Å². The van der Waals surface area contributed by atoms with Crippen molar-refractivity contribution in [3.63, 3.8) is 0 Å². The Labute approximate surface area is 588 Å². The average Bonchev–Trinajstić information content (AvgIpc) is 0.834. The highest BCUT2D eigenvalue weighted by atomic mass is 16.7. The van der Waals surface area contributed by atoms with Gasteiger partial charge in [0.1, 0.15) is 54.6 Å². The van der Waals surface area contributed by atoms with E-state index in [2.05, 4.69) is 47.4 Å². The molecule has 8 unspecified atom stereocenters. The Morgan fingerprint density at radius 2 is 0.808 bits per heavy atom. The molecule has 0 aromatic heterocycles. The number of hydrogen-bond donors (Lipinski definition) is 14. The zero-order valence-corrected chi connectivity index (χ0v) is 60.7. The molecule has 3 heterocycles.